The lowest BCUT2D eigenvalue weighted by molar-refractivity contribution is -0.121. The van der Waals surface area contributed by atoms with Gasteiger partial charge in [-0.25, -0.2) is 0 Å². The number of nitrogens with zero attached hydrogens (tertiary/aromatic N) is 1. The minimum absolute atomic E-state index is 0. The molecule has 0 saturated carbocycles. The van der Waals surface area contributed by atoms with Crippen molar-refractivity contribution in [2.24, 2.45) is 5.92 Å². The molecule has 2 N–H and O–H groups in total. The summed E-state index contributed by atoms with van der Waals surface area (Å²) in [5, 5.41) is 5.97. The van der Waals surface area contributed by atoms with E-state index >= 15 is 0 Å². The van der Waals surface area contributed by atoms with E-state index in [1.54, 1.807) is 0 Å². The van der Waals surface area contributed by atoms with Gasteiger partial charge in [-0.15, -0.1) is 24.8 Å². The third-order valence-corrected chi connectivity index (χ3v) is 4.37. The van der Waals surface area contributed by atoms with Gasteiger partial charge in [-0.05, 0) is 50.0 Å². The van der Waals surface area contributed by atoms with Crippen molar-refractivity contribution >= 4 is 30.7 Å². The Morgan fingerprint density at radius 3 is 2.54 bits per heavy atom. The molecule has 0 aromatic heterocycles. The predicted molar refractivity (Wildman–Crippen MR) is 105 cm³/mol. The molecule has 0 radical (unpaired) electrons. The molecule has 0 unspecified atom stereocenters. The standard InChI is InChI=1S/C18H29N3O.2ClH/c1-15-7-10-21(11-8-15)14-17-5-3-4-16(12-17)13-20-18(22)6-9-19-2;;/h3-5,12,15,19H,6-11,13-14H2,1-2H3,(H,20,22);2*1H. The van der Waals surface area contributed by atoms with Crippen molar-refractivity contribution in [2.45, 2.75) is 39.3 Å². The van der Waals surface area contributed by atoms with E-state index in [1.165, 1.54) is 37.1 Å². The van der Waals surface area contributed by atoms with E-state index < -0.39 is 0 Å². The number of hydrogen-bond donors (Lipinski definition) is 2. The Hall–Kier alpha value is -0.810. The number of rotatable bonds is 7. The first-order chi connectivity index (χ1) is 10.7. The van der Waals surface area contributed by atoms with Crippen LogP contribution in [0.15, 0.2) is 24.3 Å². The lowest BCUT2D eigenvalue weighted by Crippen LogP contribution is -2.32. The molecular weight excluding hydrogens is 345 g/mol. The van der Waals surface area contributed by atoms with E-state index in [0.717, 1.165) is 19.0 Å². The Morgan fingerprint density at radius 2 is 1.88 bits per heavy atom. The van der Waals surface area contributed by atoms with Crippen LogP contribution in [0.25, 0.3) is 0 Å². The minimum Gasteiger partial charge on any atom is -0.352 e. The lowest BCUT2D eigenvalue weighted by Gasteiger charge is -2.30. The average molecular weight is 376 g/mol. The molecule has 1 saturated heterocycles. The number of halogens is 2. The van der Waals surface area contributed by atoms with Crippen molar-refractivity contribution in [3.63, 3.8) is 0 Å². The summed E-state index contributed by atoms with van der Waals surface area (Å²) in [5.41, 5.74) is 2.53. The van der Waals surface area contributed by atoms with Crippen LogP contribution in [0.2, 0.25) is 0 Å². The quantitative estimate of drug-likeness (QED) is 0.769. The molecule has 0 atom stereocenters. The van der Waals surface area contributed by atoms with Gasteiger partial charge in [-0.3, -0.25) is 9.69 Å². The zero-order valence-corrected chi connectivity index (χ0v) is 16.3. The predicted octanol–water partition coefficient (Wildman–Crippen LogP) is 2.99. The first-order valence-electron chi connectivity index (χ1n) is 8.39. The molecule has 1 aromatic rings. The molecule has 1 aliphatic rings. The molecule has 0 spiro atoms. The number of carbonyl (C=O) groups is 1. The summed E-state index contributed by atoms with van der Waals surface area (Å²) in [7, 11) is 1.86. The topological polar surface area (TPSA) is 44.4 Å². The number of benzene rings is 1. The molecule has 24 heavy (non-hydrogen) atoms. The summed E-state index contributed by atoms with van der Waals surface area (Å²) in [6.07, 6.45) is 3.14. The molecule has 6 heteroatoms. The van der Waals surface area contributed by atoms with Crippen LogP contribution in [0.5, 0.6) is 0 Å². The molecule has 1 fully saturated rings. The smallest absolute Gasteiger partial charge is 0.221 e. The number of carbonyl (C=O) groups excluding carboxylic acids is 1. The van der Waals surface area contributed by atoms with E-state index in [-0.39, 0.29) is 30.7 Å². The van der Waals surface area contributed by atoms with Crippen molar-refractivity contribution in [2.75, 3.05) is 26.7 Å². The fourth-order valence-electron chi connectivity index (χ4n) is 2.84. The van der Waals surface area contributed by atoms with Crippen LogP contribution in [-0.2, 0) is 17.9 Å². The summed E-state index contributed by atoms with van der Waals surface area (Å²) in [6, 6.07) is 8.58. The first-order valence-corrected chi connectivity index (χ1v) is 8.39. The Labute approximate surface area is 158 Å². The van der Waals surface area contributed by atoms with Crippen molar-refractivity contribution in [1.82, 2.24) is 15.5 Å². The Bertz CT molecular complexity index is 477. The maximum atomic E-state index is 11.6. The highest BCUT2D eigenvalue weighted by molar-refractivity contribution is 5.85. The second-order valence-corrected chi connectivity index (χ2v) is 6.41. The molecule has 1 aliphatic heterocycles. The second-order valence-electron chi connectivity index (χ2n) is 6.41. The molecule has 2 rings (SSSR count). The van der Waals surface area contributed by atoms with Crippen molar-refractivity contribution < 1.29 is 4.79 Å². The van der Waals surface area contributed by atoms with E-state index in [9.17, 15) is 4.79 Å². The van der Waals surface area contributed by atoms with Gasteiger partial charge in [0.1, 0.15) is 0 Å². The average Bonchev–Trinajstić information content (AvgIpc) is 2.53. The van der Waals surface area contributed by atoms with Crippen LogP contribution in [0.4, 0.5) is 0 Å². The fourth-order valence-corrected chi connectivity index (χ4v) is 2.84. The molecule has 0 aliphatic carbocycles. The van der Waals surface area contributed by atoms with Gasteiger partial charge in [-0.1, -0.05) is 31.2 Å². The molecule has 4 nitrogen and oxygen atoms in total. The fraction of sp³-hybridized carbons (Fsp3) is 0.611. The van der Waals surface area contributed by atoms with E-state index in [1.807, 2.05) is 7.05 Å². The molecule has 1 heterocycles. The Kier molecular flexibility index (Phi) is 12.1. The minimum atomic E-state index is 0. The van der Waals surface area contributed by atoms with Crippen LogP contribution < -0.4 is 10.6 Å². The van der Waals surface area contributed by atoms with Gasteiger partial charge in [0.15, 0.2) is 0 Å². The largest absolute Gasteiger partial charge is 0.352 e. The molecule has 1 amide bonds. The lowest BCUT2D eigenvalue weighted by atomic mass is 9.98. The second kappa shape index (κ2) is 12.5. The van der Waals surface area contributed by atoms with Gasteiger partial charge in [0, 0.05) is 26.1 Å². The summed E-state index contributed by atoms with van der Waals surface area (Å²) < 4.78 is 0. The molecule has 138 valence electrons. The van der Waals surface area contributed by atoms with Gasteiger partial charge in [-0.2, -0.15) is 0 Å². The highest BCUT2D eigenvalue weighted by atomic mass is 35.5. The summed E-state index contributed by atoms with van der Waals surface area (Å²) in [4.78, 5) is 14.2. The number of nitrogens with one attached hydrogen (secondary N) is 2. The first kappa shape index (κ1) is 23.2. The summed E-state index contributed by atoms with van der Waals surface area (Å²) in [5.74, 6) is 0.972. The number of piperidine rings is 1. The third kappa shape index (κ3) is 8.34. The van der Waals surface area contributed by atoms with Crippen LogP contribution in [0.1, 0.15) is 37.3 Å². The van der Waals surface area contributed by atoms with E-state index in [0.29, 0.717) is 13.0 Å². The van der Waals surface area contributed by atoms with E-state index in [4.69, 9.17) is 0 Å². The van der Waals surface area contributed by atoms with Crippen LogP contribution in [0, 0.1) is 5.92 Å². The summed E-state index contributed by atoms with van der Waals surface area (Å²) >= 11 is 0. The number of likely N-dealkylation sites (tertiary alicyclic amines) is 1. The maximum absolute atomic E-state index is 11.6. The molecule has 0 bridgehead atoms. The van der Waals surface area contributed by atoms with Crippen molar-refractivity contribution in [1.29, 1.82) is 0 Å². The van der Waals surface area contributed by atoms with Gasteiger partial charge in [0.05, 0.1) is 0 Å². The van der Waals surface area contributed by atoms with Gasteiger partial charge < -0.3 is 10.6 Å². The third-order valence-electron chi connectivity index (χ3n) is 4.37. The number of hydrogen-bond acceptors (Lipinski definition) is 3. The number of amides is 1. The Morgan fingerprint density at radius 1 is 1.21 bits per heavy atom. The monoisotopic (exact) mass is 375 g/mol. The SMILES string of the molecule is CNCCC(=O)NCc1cccc(CN2CCC(C)CC2)c1.Cl.Cl. The highest BCUT2D eigenvalue weighted by Gasteiger charge is 2.15. The normalized spacial score (nSPS) is 15.2. The zero-order chi connectivity index (χ0) is 15.8. The van der Waals surface area contributed by atoms with Gasteiger partial charge in [0.25, 0.3) is 0 Å². The van der Waals surface area contributed by atoms with Crippen LogP contribution in [0.3, 0.4) is 0 Å². The van der Waals surface area contributed by atoms with Crippen molar-refractivity contribution in [3.8, 4) is 0 Å². The summed E-state index contributed by atoms with van der Waals surface area (Å²) in [6.45, 7) is 7.11. The molecular formula is C18H31Cl2N3O. The van der Waals surface area contributed by atoms with Gasteiger partial charge >= 0.3 is 0 Å². The van der Waals surface area contributed by atoms with Crippen molar-refractivity contribution in [3.05, 3.63) is 35.4 Å². The van der Waals surface area contributed by atoms with Crippen LogP contribution >= 0.6 is 24.8 Å². The molecule has 1 aromatic carbocycles. The Balaban J connectivity index is 0.00000264. The highest BCUT2D eigenvalue weighted by Crippen LogP contribution is 2.18. The van der Waals surface area contributed by atoms with Crippen LogP contribution in [-0.4, -0.2) is 37.5 Å². The van der Waals surface area contributed by atoms with E-state index in [2.05, 4.69) is 46.7 Å². The van der Waals surface area contributed by atoms with Gasteiger partial charge in [0.2, 0.25) is 5.91 Å². The maximum Gasteiger partial charge on any atom is 0.221 e. The zero-order valence-electron chi connectivity index (χ0n) is 14.7.